The lowest BCUT2D eigenvalue weighted by Crippen LogP contribution is -2.45. The molecule has 3 rings (SSSR count). The molecule has 0 unspecified atom stereocenters. The van der Waals surface area contributed by atoms with E-state index in [4.69, 9.17) is 0 Å². The summed E-state index contributed by atoms with van der Waals surface area (Å²) in [6, 6.07) is 8.75. The summed E-state index contributed by atoms with van der Waals surface area (Å²) < 4.78 is 0. The smallest absolute Gasteiger partial charge is 0.309 e. The van der Waals surface area contributed by atoms with E-state index in [1.165, 1.54) is 36.9 Å². The molecule has 5 heteroatoms. The van der Waals surface area contributed by atoms with Crippen LogP contribution >= 0.6 is 0 Å². The molecule has 1 aliphatic heterocycles. The summed E-state index contributed by atoms with van der Waals surface area (Å²) in [5, 5.41) is 5.59. The molecule has 1 saturated heterocycles. The van der Waals surface area contributed by atoms with Crippen LogP contribution in [0, 0.1) is 0 Å². The maximum absolute atomic E-state index is 11.9. The highest BCUT2D eigenvalue weighted by atomic mass is 16.2. The zero-order valence-corrected chi connectivity index (χ0v) is 15.6. The van der Waals surface area contributed by atoms with E-state index in [2.05, 4.69) is 39.8 Å². The highest BCUT2D eigenvalue weighted by Crippen LogP contribution is 2.20. The van der Waals surface area contributed by atoms with Crippen LogP contribution in [0.3, 0.4) is 0 Å². The molecule has 1 aliphatic carbocycles. The maximum atomic E-state index is 11.9. The van der Waals surface area contributed by atoms with Gasteiger partial charge in [0.15, 0.2) is 0 Å². The van der Waals surface area contributed by atoms with Crippen molar-refractivity contribution in [1.82, 2.24) is 10.6 Å². The van der Waals surface area contributed by atoms with Gasteiger partial charge in [-0.05, 0) is 56.2 Å². The Hall–Kier alpha value is -2.04. The van der Waals surface area contributed by atoms with Crippen LogP contribution in [0.15, 0.2) is 24.3 Å². The van der Waals surface area contributed by atoms with Crippen molar-refractivity contribution in [2.45, 2.75) is 63.8 Å². The summed E-state index contributed by atoms with van der Waals surface area (Å²) in [4.78, 5) is 26.3. The van der Waals surface area contributed by atoms with Gasteiger partial charge in [0.1, 0.15) is 0 Å². The molecular weight excluding hydrogens is 326 g/mol. The molecule has 2 fully saturated rings. The molecular formula is C21H31N3O2. The molecule has 2 aliphatic rings. The molecule has 5 nitrogen and oxygen atoms in total. The largest absolute Gasteiger partial charge is 0.372 e. The van der Waals surface area contributed by atoms with E-state index in [9.17, 15) is 9.59 Å². The van der Waals surface area contributed by atoms with Crippen molar-refractivity contribution >= 4 is 17.5 Å². The number of nitrogens with zero attached hydrogens (tertiary/aromatic N) is 1. The van der Waals surface area contributed by atoms with Crippen LogP contribution in [-0.4, -0.2) is 37.5 Å². The predicted molar refractivity (Wildman–Crippen MR) is 104 cm³/mol. The van der Waals surface area contributed by atoms with E-state index >= 15 is 0 Å². The Morgan fingerprint density at radius 1 is 0.885 bits per heavy atom. The van der Waals surface area contributed by atoms with Crippen molar-refractivity contribution < 1.29 is 9.59 Å². The average molecular weight is 357 g/mol. The second-order valence-corrected chi connectivity index (χ2v) is 7.53. The van der Waals surface area contributed by atoms with Gasteiger partial charge in [-0.25, -0.2) is 0 Å². The number of hydrogen-bond donors (Lipinski definition) is 2. The second-order valence-electron chi connectivity index (χ2n) is 7.53. The molecule has 1 saturated carbocycles. The lowest BCUT2D eigenvalue weighted by Gasteiger charge is -2.28. The summed E-state index contributed by atoms with van der Waals surface area (Å²) in [7, 11) is 0. The minimum absolute atomic E-state index is 0.171. The zero-order chi connectivity index (χ0) is 18.2. The van der Waals surface area contributed by atoms with Gasteiger partial charge in [0.2, 0.25) is 0 Å². The summed E-state index contributed by atoms with van der Waals surface area (Å²) in [5.74, 6) is -1.00. The van der Waals surface area contributed by atoms with Crippen LogP contribution in [0.2, 0.25) is 0 Å². The molecule has 142 valence electrons. The average Bonchev–Trinajstić information content (AvgIpc) is 2.70. The van der Waals surface area contributed by atoms with Gasteiger partial charge < -0.3 is 15.5 Å². The molecule has 1 aromatic carbocycles. The van der Waals surface area contributed by atoms with Crippen molar-refractivity contribution in [1.29, 1.82) is 0 Å². The minimum atomic E-state index is -0.513. The van der Waals surface area contributed by atoms with Crippen LogP contribution in [-0.2, 0) is 16.0 Å². The van der Waals surface area contributed by atoms with Crippen molar-refractivity contribution in [3.05, 3.63) is 29.8 Å². The Morgan fingerprint density at radius 2 is 1.54 bits per heavy atom. The van der Waals surface area contributed by atoms with Gasteiger partial charge >= 0.3 is 11.8 Å². The molecule has 2 amide bonds. The van der Waals surface area contributed by atoms with Gasteiger partial charge in [-0.3, -0.25) is 9.59 Å². The number of hydrogen-bond acceptors (Lipinski definition) is 3. The van der Waals surface area contributed by atoms with Crippen LogP contribution in [0.4, 0.5) is 5.69 Å². The lowest BCUT2D eigenvalue weighted by atomic mass is 9.95. The SMILES string of the molecule is O=C(NCCc1ccc(N2CCCCC2)cc1)C(=O)NC1CCCCC1. The number of rotatable bonds is 5. The predicted octanol–water partition coefficient (Wildman–Crippen LogP) is 2.78. The topological polar surface area (TPSA) is 61.4 Å². The lowest BCUT2D eigenvalue weighted by molar-refractivity contribution is -0.139. The number of anilines is 1. The Bertz CT molecular complexity index is 588. The van der Waals surface area contributed by atoms with Crippen LogP contribution in [0.1, 0.15) is 56.9 Å². The number of benzene rings is 1. The summed E-state index contributed by atoms with van der Waals surface area (Å²) in [6.45, 7) is 2.77. The third-order valence-electron chi connectivity index (χ3n) is 5.50. The monoisotopic (exact) mass is 357 g/mol. The van der Waals surface area contributed by atoms with Crippen molar-refractivity contribution in [2.75, 3.05) is 24.5 Å². The van der Waals surface area contributed by atoms with Crippen molar-refractivity contribution in [3.63, 3.8) is 0 Å². The highest BCUT2D eigenvalue weighted by Gasteiger charge is 2.20. The number of nitrogens with one attached hydrogen (secondary N) is 2. The minimum Gasteiger partial charge on any atom is -0.372 e. The van der Waals surface area contributed by atoms with Gasteiger partial charge in [0.25, 0.3) is 0 Å². The fourth-order valence-corrected chi connectivity index (χ4v) is 3.92. The van der Waals surface area contributed by atoms with E-state index in [0.29, 0.717) is 6.54 Å². The van der Waals surface area contributed by atoms with E-state index in [-0.39, 0.29) is 6.04 Å². The van der Waals surface area contributed by atoms with E-state index < -0.39 is 11.8 Å². The second kappa shape index (κ2) is 9.60. The van der Waals surface area contributed by atoms with Gasteiger partial charge in [-0.1, -0.05) is 31.4 Å². The van der Waals surface area contributed by atoms with Gasteiger partial charge in [-0.2, -0.15) is 0 Å². The quantitative estimate of drug-likeness (QED) is 0.797. The standard InChI is InChI=1S/C21H31N3O2/c25-20(21(26)23-18-7-3-1-4-8-18)22-14-13-17-9-11-19(12-10-17)24-15-5-2-6-16-24/h9-12,18H,1-8,13-16H2,(H,22,25)(H,23,26). The maximum Gasteiger partial charge on any atom is 0.309 e. The first-order chi connectivity index (χ1) is 12.7. The number of piperidine rings is 1. The molecule has 26 heavy (non-hydrogen) atoms. The van der Waals surface area contributed by atoms with Crippen LogP contribution in [0.25, 0.3) is 0 Å². The first-order valence-electron chi connectivity index (χ1n) is 10.1. The van der Waals surface area contributed by atoms with Gasteiger partial charge in [-0.15, -0.1) is 0 Å². The van der Waals surface area contributed by atoms with Gasteiger partial charge in [0, 0.05) is 31.4 Å². The Kier molecular flexibility index (Phi) is 6.92. The third kappa shape index (κ3) is 5.48. The van der Waals surface area contributed by atoms with E-state index in [1.807, 2.05) is 0 Å². The molecule has 1 aromatic rings. The summed E-state index contributed by atoms with van der Waals surface area (Å²) >= 11 is 0. The number of amides is 2. The normalized spacial score (nSPS) is 18.4. The molecule has 0 aromatic heterocycles. The fourth-order valence-electron chi connectivity index (χ4n) is 3.92. The van der Waals surface area contributed by atoms with Crippen molar-refractivity contribution in [3.8, 4) is 0 Å². The fraction of sp³-hybridized carbons (Fsp3) is 0.619. The molecule has 0 spiro atoms. The third-order valence-corrected chi connectivity index (χ3v) is 5.50. The van der Waals surface area contributed by atoms with E-state index in [0.717, 1.165) is 45.2 Å². The summed E-state index contributed by atoms with van der Waals surface area (Å²) in [5.41, 5.74) is 2.46. The van der Waals surface area contributed by atoms with Crippen LogP contribution < -0.4 is 15.5 Å². The first kappa shape index (κ1) is 18.7. The number of carbonyl (C=O) groups excluding carboxylic acids is 2. The molecule has 2 N–H and O–H groups in total. The molecule has 0 atom stereocenters. The zero-order valence-electron chi connectivity index (χ0n) is 15.6. The van der Waals surface area contributed by atoms with E-state index in [1.54, 1.807) is 0 Å². The van der Waals surface area contributed by atoms with Crippen LogP contribution in [0.5, 0.6) is 0 Å². The number of carbonyl (C=O) groups is 2. The summed E-state index contributed by atoms with van der Waals surface area (Å²) in [6.07, 6.45) is 10.1. The highest BCUT2D eigenvalue weighted by molar-refractivity contribution is 6.35. The first-order valence-corrected chi connectivity index (χ1v) is 10.1. The molecule has 0 bridgehead atoms. The Balaban J connectivity index is 1.38. The Labute approximate surface area is 156 Å². The Morgan fingerprint density at radius 3 is 2.23 bits per heavy atom. The molecule has 1 heterocycles. The van der Waals surface area contributed by atoms with Crippen molar-refractivity contribution in [2.24, 2.45) is 0 Å². The van der Waals surface area contributed by atoms with Gasteiger partial charge in [0.05, 0.1) is 0 Å². The molecule has 0 radical (unpaired) electrons.